The quantitative estimate of drug-likeness (QED) is 0.690. The molecule has 0 saturated carbocycles. The number of nitrogens with zero attached hydrogens (tertiary/aromatic N) is 4. The number of ether oxygens (including phenoxy) is 1. The fourth-order valence-corrected chi connectivity index (χ4v) is 2.16. The normalized spacial score (nSPS) is 12.7. The highest BCUT2D eigenvalue weighted by molar-refractivity contribution is 6.06. The van der Waals surface area contributed by atoms with Crippen molar-refractivity contribution in [1.29, 1.82) is 0 Å². The van der Waals surface area contributed by atoms with Gasteiger partial charge in [0, 0.05) is 17.5 Å². The molecule has 3 heterocycles. The Balaban J connectivity index is 1.80. The second-order valence-electron chi connectivity index (χ2n) is 4.47. The summed E-state index contributed by atoms with van der Waals surface area (Å²) in [5, 5.41) is 2.13. The Hall–Kier alpha value is -3.15. The first-order valence-electron chi connectivity index (χ1n) is 6.28. The summed E-state index contributed by atoms with van der Waals surface area (Å²) in [4.78, 5) is 27.5. The number of hydrogen-bond donors (Lipinski definition) is 0. The second-order valence-corrected chi connectivity index (χ2v) is 4.47. The predicted octanol–water partition coefficient (Wildman–Crippen LogP) is 0.757. The van der Waals surface area contributed by atoms with E-state index >= 15 is 0 Å². The molecule has 0 bridgehead atoms. The monoisotopic (exact) mass is 276 g/mol. The van der Waals surface area contributed by atoms with Gasteiger partial charge in [-0.05, 0) is 30.3 Å². The Labute approximate surface area is 118 Å². The van der Waals surface area contributed by atoms with Crippen LogP contribution in [0.4, 0.5) is 0 Å². The van der Waals surface area contributed by atoms with Gasteiger partial charge in [-0.25, -0.2) is 19.9 Å². The van der Waals surface area contributed by atoms with Gasteiger partial charge in [-0.1, -0.05) is 0 Å². The van der Waals surface area contributed by atoms with E-state index in [9.17, 15) is 4.79 Å². The summed E-state index contributed by atoms with van der Waals surface area (Å²) in [6.45, 7) is 0. The highest BCUT2D eigenvalue weighted by Crippen LogP contribution is 2.24. The van der Waals surface area contributed by atoms with Gasteiger partial charge in [0.1, 0.15) is 12.1 Å². The van der Waals surface area contributed by atoms with Gasteiger partial charge in [-0.15, -0.1) is 0 Å². The van der Waals surface area contributed by atoms with Gasteiger partial charge in [0.2, 0.25) is 5.88 Å². The number of rotatable bonds is 2. The average Bonchev–Trinajstić information content (AvgIpc) is 2.87. The van der Waals surface area contributed by atoms with Gasteiger partial charge in [-0.3, -0.25) is 4.79 Å². The van der Waals surface area contributed by atoms with Crippen molar-refractivity contribution in [3.05, 3.63) is 53.4 Å². The molecule has 1 amide bonds. The van der Waals surface area contributed by atoms with Crippen LogP contribution in [0.5, 0.6) is 11.6 Å². The Morgan fingerprint density at radius 2 is 2.00 bits per heavy atom. The Morgan fingerprint density at radius 1 is 1.05 bits per heavy atom. The van der Waals surface area contributed by atoms with Crippen LogP contribution in [-0.2, 0) is 4.79 Å². The fourth-order valence-electron chi connectivity index (χ4n) is 2.16. The number of pyridine rings is 1. The van der Waals surface area contributed by atoms with Crippen molar-refractivity contribution in [3.8, 4) is 11.6 Å². The lowest BCUT2D eigenvalue weighted by Crippen LogP contribution is -2.20. The van der Waals surface area contributed by atoms with Crippen LogP contribution in [0, 0.1) is 0 Å². The molecule has 21 heavy (non-hydrogen) atoms. The van der Waals surface area contributed by atoms with Crippen LogP contribution in [0.15, 0.2) is 47.8 Å². The van der Waals surface area contributed by atoms with E-state index in [4.69, 9.17) is 4.74 Å². The van der Waals surface area contributed by atoms with Crippen LogP contribution in [0.1, 0.15) is 0 Å². The summed E-state index contributed by atoms with van der Waals surface area (Å²) in [6, 6.07) is 8.89. The topological polar surface area (TPSA) is 77.3 Å². The highest BCUT2D eigenvalue weighted by Gasteiger charge is 2.08. The average molecular weight is 276 g/mol. The molecule has 0 fully saturated rings. The molecular weight excluding hydrogens is 268 g/mol. The van der Waals surface area contributed by atoms with Crippen LogP contribution in [0.25, 0.3) is 17.1 Å². The van der Waals surface area contributed by atoms with Crippen molar-refractivity contribution in [1.82, 2.24) is 15.0 Å². The molecule has 100 valence electrons. The minimum Gasteiger partial charge on any atom is -0.438 e. The minimum atomic E-state index is -0.251. The summed E-state index contributed by atoms with van der Waals surface area (Å²) in [5.41, 5.74) is 0.570. The van der Waals surface area contributed by atoms with E-state index in [0.29, 0.717) is 22.6 Å². The number of carbonyl (C=O) groups excluding carboxylic acids is 1. The lowest BCUT2D eigenvalue weighted by Gasteiger charge is -2.06. The molecule has 2 aromatic heterocycles. The number of benzene rings is 1. The van der Waals surface area contributed by atoms with E-state index in [2.05, 4.69) is 19.9 Å². The molecule has 4 rings (SSSR count). The van der Waals surface area contributed by atoms with Crippen molar-refractivity contribution >= 4 is 23.0 Å². The molecule has 0 spiro atoms. The molecule has 1 aliphatic heterocycles. The summed E-state index contributed by atoms with van der Waals surface area (Å²) in [6.07, 6.45) is 4.54. The van der Waals surface area contributed by atoms with Gasteiger partial charge in [0.25, 0.3) is 5.91 Å². The third-order valence-electron chi connectivity index (χ3n) is 3.10. The highest BCUT2D eigenvalue weighted by atomic mass is 16.5. The molecule has 0 N–H and O–H groups in total. The molecule has 0 atom stereocenters. The van der Waals surface area contributed by atoms with Crippen LogP contribution in [0.3, 0.4) is 0 Å². The zero-order valence-electron chi connectivity index (χ0n) is 10.7. The molecule has 6 heteroatoms. The molecule has 1 aliphatic rings. The Morgan fingerprint density at radius 3 is 2.95 bits per heavy atom. The molecular formula is C15H8N4O2. The van der Waals surface area contributed by atoms with Gasteiger partial charge in [0.15, 0.2) is 5.65 Å². The summed E-state index contributed by atoms with van der Waals surface area (Å²) in [7, 11) is 0. The molecule has 1 aromatic carbocycles. The Kier molecular flexibility index (Phi) is 2.47. The largest absolute Gasteiger partial charge is 0.438 e. The number of hydrogen-bond acceptors (Lipinski definition) is 5. The van der Waals surface area contributed by atoms with Crippen LogP contribution in [-0.4, -0.2) is 20.9 Å². The molecule has 0 radical (unpaired) electrons. The third-order valence-corrected chi connectivity index (χ3v) is 3.10. The molecule has 6 nitrogen and oxygen atoms in total. The minimum absolute atomic E-state index is 0.251. The first kappa shape index (κ1) is 11.7. The zero-order valence-corrected chi connectivity index (χ0v) is 10.7. The SMILES string of the molecule is O=C1C=c2cc(Oc3ncnc4ncccc34)ccc2=N1. The molecule has 0 saturated heterocycles. The van der Waals surface area contributed by atoms with E-state index in [1.807, 2.05) is 6.07 Å². The van der Waals surface area contributed by atoms with Crippen molar-refractivity contribution in [2.75, 3.05) is 0 Å². The van der Waals surface area contributed by atoms with E-state index in [0.717, 1.165) is 10.6 Å². The number of fused-ring (bicyclic) bond motifs is 2. The lowest BCUT2D eigenvalue weighted by atomic mass is 10.2. The van der Waals surface area contributed by atoms with Crippen LogP contribution >= 0.6 is 0 Å². The van der Waals surface area contributed by atoms with E-state index in [1.54, 1.807) is 30.5 Å². The number of carbonyl (C=O) groups is 1. The summed E-state index contributed by atoms with van der Waals surface area (Å²) >= 11 is 0. The van der Waals surface area contributed by atoms with Crippen LogP contribution in [0.2, 0.25) is 0 Å². The first-order valence-corrected chi connectivity index (χ1v) is 6.28. The molecule has 0 unspecified atom stereocenters. The zero-order chi connectivity index (χ0) is 14.2. The van der Waals surface area contributed by atoms with Crippen molar-refractivity contribution in [3.63, 3.8) is 0 Å². The maximum atomic E-state index is 11.3. The standard InChI is InChI=1S/C15H8N4O2/c20-13-7-9-6-10(3-4-12(9)19-13)21-15-11-2-1-5-16-14(11)17-8-18-15/h1-8H. The van der Waals surface area contributed by atoms with Gasteiger partial charge in [0.05, 0.1) is 10.7 Å². The van der Waals surface area contributed by atoms with E-state index in [1.165, 1.54) is 12.4 Å². The maximum Gasteiger partial charge on any atom is 0.270 e. The van der Waals surface area contributed by atoms with Gasteiger partial charge in [-0.2, -0.15) is 0 Å². The fraction of sp³-hybridized carbons (Fsp3) is 0. The van der Waals surface area contributed by atoms with Gasteiger partial charge >= 0.3 is 0 Å². The number of amides is 1. The van der Waals surface area contributed by atoms with E-state index in [-0.39, 0.29) is 5.91 Å². The smallest absolute Gasteiger partial charge is 0.270 e. The van der Waals surface area contributed by atoms with Crippen molar-refractivity contribution in [2.45, 2.75) is 0 Å². The Bertz CT molecular complexity index is 993. The predicted molar refractivity (Wildman–Crippen MR) is 74.1 cm³/mol. The van der Waals surface area contributed by atoms with Crippen molar-refractivity contribution in [2.24, 2.45) is 4.99 Å². The first-order chi connectivity index (χ1) is 10.3. The maximum absolute atomic E-state index is 11.3. The summed E-state index contributed by atoms with van der Waals surface area (Å²) < 4.78 is 5.79. The van der Waals surface area contributed by atoms with Crippen molar-refractivity contribution < 1.29 is 9.53 Å². The molecule has 3 aromatic rings. The van der Waals surface area contributed by atoms with Gasteiger partial charge < -0.3 is 4.74 Å². The number of aromatic nitrogens is 3. The lowest BCUT2D eigenvalue weighted by molar-refractivity contribution is -0.112. The third kappa shape index (κ3) is 2.02. The van der Waals surface area contributed by atoms with Crippen LogP contribution < -0.4 is 15.3 Å². The van der Waals surface area contributed by atoms with E-state index < -0.39 is 0 Å². The molecule has 0 aliphatic carbocycles. The summed E-state index contributed by atoms with van der Waals surface area (Å²) in [5.74, 6) is 0.756. The second kappa shape index (κ2) is 4.45.